The van der Waals surface area contributed by atoms with Crippen LogP contribution in [-0.4, -0.2) is 49.9 Å². The molecule has 38 heavy (non-hydrogen) atoms. The van der Waals surface area contributed by atoms with Crippen molar-refractivity contribution in [1.29, 1.82) is 0 Å². The third-order valence-corrected chi connectivity index (χ3v) is 6.96. The number of nitrogens with one attached hydrogen (secondary N) is 3. The molecule has 0 saturated carbocycles. The quantitative estimate of drug-likeness (QED) is 0.149. The molecule has 2 atom stereocenters. The van der Waals surface area contributed by atoms with Crippen LogP contribution in [-0.2, 0) is 32.1 Å². The number of rotatable bonds is 11. The molecule has 10 heteroatoms. The zero-order valence-electron chi connectivity index (χ0n) is 21.0. The van der Waals surface area contributed by atoms with Gasteiger partial charge in [0.25, 0.3) is 0 Å². The van der Waals surface area contributed by atoms with Crippen LogP contribution in [0.3, 0.4) is 0 Å². The molecule has 0 saturated heterocycles. The molecule has 1 aliphatic rings. The van der Waals surface area contributed by atoms with Crippen molar-refractivity contribution in [2.75, 3.05) is 0 Å². The summed E-state index contributed by atoms with van der Waals surface area (Å²) in [5, 5.41) is 22.0. The van der Waals surface area contributed by atoms with E-state index in [0.717, 1.165) is 35.0 Å². The van der Waals surface area contributed by atoms with Gasteiger partial charge in [-0.1, -0.05) is 61.4 Å². The Labute approximate surface area is 220 Å². The van der Waals surface area contributed by atoms with E-state index in [-0.39, 0.29) is 31.7 Å². The van der Waals surface area contributed by atoms with Crippen LogP contribution in [0.4, 0.5) is 0 Å². The number of aromatic nitrogens is 1. The molecule has 0 bridgehead atoms. The van der Waals surface area contributed by atoms with Gasteiger partial charge in [-0.2, -0.15) is 0 Å². The van der Waals surface area contributed by atoms with E-state index >= 15 is 0 Å². The van der Waals surface area contributed by atoms with E-state index < -0.39 is 29.9 Å². The number of unbranched alkanes of at least 4 members (excludes halogenated alkanes) is 3. The number of aromatic amines is 1. The Morgan fingerprint density at radius 1 is 0.947 bits per heavy atom. The second kappa shape index (κ2) is 12.4. The molecule has 2 heterocycles. The van der Waals surface area contributed by atoms with Gasteiger partial charge in [-0.25, -0.2) is 10.3 Å². The van der Waals surface area contributed by atoms with Crippen LogP contribution in [0.5, 0.6) is 0 Å². The van der Waals surface area contributed by atoms with Crippen molar-refractivity contribution < 1.29 is 29.5 Å². The number of amides is 3. The Balaban J connectivity index is 1.50. The number of hydrogen-bond donors (Lipinski definition) is 5. The van der Waals surface area contributed by atoms with Crippen molar-refractivity contribution in [3.05, 3.63) is 71.4 Å². The molecule has 3 amide bonds. The minimum absolute atomic E-state index is 0.186. The van der Waals surface area contributed by atoms with E-state index in [1.54, 1.807) is 35.8 Å². The van der Waals surface area contributed by atoms with Crippen molar-refractivity contribution in [2.24, 2.45) is 0 Å². The van der Waals surface area contributed by atoms with Crippen LogP contribution >= 0.6 is 0 Å². The maximum absolute atomic E-state index is 13.5. The van der Waals surface area contributed by atoms with Gasteiger partial charge < -0.3 is 20.3 Å². The number of aliphatic carboxylic acids is 1. The van der Waals surface area contributed by atoms with Crippen LogP contribution in [0.15, 0.2) is 54.6 Å². The molecule has 0 radical (unpaired) electrons. The summed E-state index contributed by atoms with van der Waals surface area (Å²) >= 11 is 0. The van der Waals surface area contributed by atoms with Crippen LogP contribution < -0.4 is 10.8 Å². The van der Waals surface area contributed by atoms with Crippen molar-refractivity contribution in [3.8, 4) is 0 Å². The van der Waals surface area contributed by atoms with E-state index in [1.807, 2.05) is 24.3 Å². The monoisotopic (exact) mass is 520 g/mol. The number of carboxylic acid groups (broad SMARTS) is 1. The van der Waals surface area contributed by atoms with Crippen molar-refractivity contribution in [2.45, 2.75) is 63.6 Å². The Kier molecular flexibility index (Phi) is 8.75. The number of hydrogen-bond acceptors (Lipinski definition) is 5. The Bertz CT molecular complexity index is 1310. The average molecular weight is 521 g/mol. The van der Waals surface area contributed by atoms with Gasteiger partial charge in [0.2, 0.25) is 17.7 Å². The van der Waals surface area contributed by atoms with Gasteiger partial charge in [-0.15, -0.1) is 0 Å². The third-order valence-electron chi connectivity index (χ3n) is 6.96. The number of carbonyl (C=O) groups excluding carboxylic acids is 3. The molecule has 200 valence electrons. The summed E-state index contributed by atoms with van der Waals surface area (Å²) in [6.07, 6.45) is 3.36. The molecule has 0 fully saturated rings. The van der Waals surface area contributed by atoms with Gasteiger partial charge in [0.15, 0.2) is 6.04 Å². The average Bonchev–Trinajstić information content (AvgIpc) is 3.30. The lowest BCUT2D eigenvalue weighted by Gasteiger charge is -2.35. The van der Waals surface area contributed by atoms with Gasteiger partial charge in [0.05, 0.1) is 6.54 Å². The number of nitrogens with zero attached hydrogens (tertiary/aromatic N) is 1. The number of H-pyrrole nitrogens is 1. The fourth-order valence-corrected chi connectivity index (χ4v) is 4.99. The smallest absolute Gasteiger partial charge is 0.330 e. The van der Waals surface area contributed by atoms with E-state index in [9.17, 15) is 24.3 Å². The molecule has 2 aromatic carbocycles. The number of benzene rings is 2. The number of carboxylic acids is 1. The van der Waals surface area contributed by atoms with Crippen LogP contribution in [0.25, 0.3) is 10.9 Å². The van der Waals surface area contributed by atoms with Gasteiger partial charge in [-0.3, -0.25) is 19.6 Å². The SMILES string of the molecule is O=C(CCCCCCC(=O)N1Cc2[nH]c3ccccc3c2C[C@@H]1C(=O)N[C@H](C(=O)O)c1ccccc1)NO. The number of fused-ring (bicyclic) bond motifs is 3. The molecule has 0 spiro atoms. The lowest BCUT2D eigenvalue weighted by Crippen LogP contribution is -2.53. The number of para-hydroxylation sites is 1. The lowest BCUT2D eigenvalue weighted by molar-refractivity contribution is -0.145. The minimum Gasteiger partial charge on any atom is -0.479 e. The number of hydroxylamine groups is 1. The normalized spacial score (nSPS) is 15.5. The zero-order chi connectivity index (χ0) is 27.1. The first-order valence-corrected chi connectivity index (χ1v) is 12.8. The van der Waals surface area contributed by atoms with Gasteiger partial charge in [0, 0.05) is 35.9 Å². The van der Waals surface area contributed by atoms with E-state index in [0.29, 0.717) is 18.4 Å². The molecule has 3 aromatic rings. The largest absolute Gasteiger partial charge is 0.479 e. The third kappa shape index (κ3) is 6.20. The molecule has 0 aliphatic carbocycles. The Hall–Kier alpha value is -4.18. The maximum Gasteiger partial charge on any atom is 0.330 e. The standard InChI is InChI=1S/C28H32N4O6/c33-24(31-38)14-6-1-2-7-15-25(34)32-17-22-20(19-12-8-9-13-21(19)29-22)16-23(32)27(35)30-26(28(36)37)18-10-4-3-5-11-18/h3-5,8-13,23,26,29,38H,1-2,6-7,14-17H2,(H,30,35)(H,31,33)(H,36,37)/t23-,26+/m1/s1. The fourth-order valence-electron chi connectivity index (χ4n) is 4.99. The molecule has 10 nitrogen and oxygen atoms in total. The van der Waals surface area contributed by atoms with Crippen LogP contribution in [0.1, 0.15) is 61.4 Å². The Morgan fingerprint density at radius 2 is 1.63 bits per heavy atom. The molecule has 1 aliphatic heterocycles. The highest BCUT2D eigenvalue weighted by molar-refractivity contribution is 5.93. The Morgan fingerprint density at radius 3 is 2.34 bits per heavy atom. The predicted octanol–water partition coefficient (Wildman–Crippen LogP) is 3.21. The zero-order valence-corrected chi connectivity index (χ0v) is 21.0. The van der Waals surface area contributed by atoms with Crippen molar-refractivity contribution in [3.63, 3.8) is 0 Å². The summed E-state index contributed by atoms with van der Waals surface area (Å²) in [5.41, 5.74) is 4.80. The van der Waals surface area contributed by atoms with Crippen LogP contribution in [0, 0.1) is 0 Å². The fraction of sp³-hybridized carbons (Fsp3) is 0.357. The highest BCUT2D eigenvalue weighted by Crippen LogP contribution is 2.31. The summed E-state index contributed by atoms with van der Waals surface area (Å²) in [6.45, 7) is 0.223. The summed E-state index contributed by atoms with van der Waals surface area (Å²) in [6, 6.07) is 14.1. The van der Waals surface area contributed by atoms with E-state index in [4.69, 9.17) is 5.21 Å². The summed E-state index contributed by atoms with van der Waals surface area (Å²) in [4.78, 5) is 54.9. The molecular formula is C28H32N4O6. The topological polar surface area (TPSA) is 152 Å². The molecular weight excluding hydrogens is 488 g/mol. The van der Waals surface area contributed by atoms with Crippen molar-refractivity contribution >= 4 is 34.6 Å². The second-order valence-electron chi connectivity index (χ2n) is 9.51. The first kappa shape index (κ1) is 26.9. The van der Waals surface area contributed by atoms with Crippen molar-refractivity contribution in [1.82, 2.24) is 20.7 Å². The van der Waals surface area contributed by atoms with Crippen LogP contribution in [0.2, 0.25) is 0 Å². The summed E-state index contributed by atoms with van der Waals surface area (Å²) < 4.78 is 0. The lowest BCUT2D eigenvalue weighted by atomic mass is 9.94. The van der Waals surface area contributed by atoms with E-state index in [2.05, 4.69) is 10.3 Å². The highest BCUT2D eigenvalue weighted by atomic mass is 16.5. The van der Waals surface area contributed by atoms with Gasteiger partial charge >= 0.3 is 5.97 Å². The molecule has 4 rings (SSSR count). The van der Waals surface area contributed by atoms with Gasteiger partial charge in [-0.05, 0) is 30.0 Å². The summed E-state index contributed by atoms with van der Waals surface area (Å²) in [7, 11) is 0. The number of carbonyl (C=O) groups is 4. The maximum atomic E-state index is 13.5. The summed E-state index contributed by atoms with van der Waals surface area (Å²) in [5.74, 6) is -2.32. The molecule has 1 aromatic heterocycles. The highest BCUT2D eigenvalue weighted by Gasteiger charge is 2.37. The second-order valence-corrected chi connectivity index (χ2v) is 9.51. The molecule has 5 N–H and O–H groups in total. The van der Waals surface area contributed by atoms with E-state index in [1.165, 1.54) is 4.90 Å². The van der Waals surface area contributed by atoms with Gasteiger partial charge in [0.1, 0.15) is 6.04 Å². The molecule has 0 unspecified atom stereocenters. The first-order chi connectivity index (χ1) is 18.4. The predicted molar refractivity (Wildman–Crippen MR) is 139 cm³/mol. The minimum atomic E-state index is -1.24. The first-order valence-electron chi connectivity index (χ1n) is 12.8.